The van der Waals surface area contributed by atoms with Crippen molar-refractivity contribution in [1.82, 2.24) is 9.97 Å². The standard InChI is InChI=1S/C8H14N4OS/c9-7(12-13)3-1-2-6-14-8-10-4-5-11-8/h4-5,13H,1-3,6H2,(H2,9,12)(H,10,11). The number of nitrogens with one attached hydrogen (secondary N) is 1. The fourth-order valence-corrected chi connectivity index (χ4v) is 1.79. The van der Waals surface area contributed by atoms with Crippen molar-refractivity contribution in [2.24, 2.45) is 10.9 Å². The van der Waals surface area contributed by atoms with E-state index in [1.165, 1.54) is 0 Å². The summed E-state index contributed by atoms with van der Waals surface area (Å²) in [5.41, 5.74) is 5.32. The summed E-state index contributed by atoms with van der Waals surface area (Å²) in [5.74, 6) is 1.29. The van der Waals surface area contributed by atoms with Crippen molar-refractivity contribution in [3.05, 3.63) is 12.4 Å². The lowest BCUT2D eigenvalue weighted by atomic mass is 10.2. The van der Waals surface area contributed by atoms with Gasteiger partial charge in [-0.2, -0.15) is 0 Å². The molecule has 1 heterocycles. The van der Waals surface area contributed by atoms with Gasteiger partial charge in [0.25, 0.3) is 0 Å². The number of oxime groups is 1. The maximum Gasteiger partial charge on any atom is 0.165 e. The second-order valence-electron chi connectivity index (χ2n) is 2.79. The molecule has 0 unspecified atom stereocenters. The molecule has 6 heteroatoms. The van der Waals surface area contributed by atoms with Crippen molar-refractivity contribution in [2.75, 3.05) is 5.75 Å². The van der Waals surface area contributed by atoms with Gasteiger partial charge in [-0.15, -0.1) is 0 Å². The second-order valence-corrected chi connectivity index (χ2v) is 3.87. The van der Waals surface area contributed by atoms with Gasteiger partial charge < -0.3 is 15.9 Å². The molecular formula is C8H14N4OS. The Bertz CT molecular complexity index is 273. The van der Waals surface area contributed by atoms with Crippen LogP contribution in [-0.2, 0) is 0 Å². The quantitative estimate of drug-likeness (QED) is 0.167. The van der Waals surface area contributed by atoms with Crippen LogP contribution in [0.1, 0.15) is 19.3 Å². The minimum Gasteiger partial charge on any atom is -0.409 e. The third-order valence-corrected chi connectivity index (χ3v) is 2.66. The summed E-state index contributed by atoms with van der Waals surface area (Å²) in [6.07, 6.45) is 6.15. The predicted molar refractivity (Wildman–Crippen MR) is 56.6 cm³/mol. The van der Waals surface area contributed by atoms with Gasteiger partial charge >= 0.3 is 0 Å². The number of rotatable bonds is 6. The fourth-order valence-electron chi connectivity index (χ4n) is 0.957. The van der Waals surface area contributed by atoms with E-state index in [2.05, 4.69) is 15.1 Å². The molecule has 0 bridgehead atoms. The van der Waals surface area contributed by atoms with E-state index in [1.54, 1.807) is 24.2 Å². The highest BCUT2D eigenvalue weighted by atomic mass is 32.2. The number of H-pyrrole nitrogens is 1. The number of hydrogen-bond acceptors (Lipinski definition) is 4. The average molecular weight is 214 g/mol. The van der Waals surface area contributed by atoms with E-state index < -0.39 is 0 Å². The normalized spacial score (nSPS) is 11.9. The molecule has 1 rings (SSSR count). The smallest absolute Gasteiger partial charge is 0.165 e. The number of amidine groups is 1. The van der Waals surface area contributed by atoms with Crippen molar-refractivity contribution in [3.63, 3.8) is 0 Å². The van der Waals surface area contributed by atoms with E-state index in [0.717, 1.165) is 23.8 Å². The minimum atomic E-state index is 0.299. The molecule has 0 aliphatic carbocycles. The largest absolute Gasteiger partial charge is 0.409 e. The van der Waals surface area contributed by atoms with E-state index in [9.17, 15) is 0 Å². The molecular weight excluding hydrogens is 200 g/mol. The Balaban J connectivity index is 2.00. The van der Waals surface area contributed by atoms with Gasteiger partial charge in [-0.25, -0.2) is 4.98 Å². The number of aromatic amines is 1. The summed E-state index contributed by atoms with van der Waals surface area (Å²) in [6.45, 7) is 0. The molecule has 0 radical (unpaired) electrons. The zero-order valence-electron chi connectivity index (χ0n) is 7.81. The number of nitrogens with two attached hydrogens (primary N) is 1. The van der Waals surface area contributed by atoms with E-state index in [-0.39, 0.29) is 0 Å². The molecule has 0 spiro atoms. The van der Waals surface area contributed by atoms with Gasteiger partial charge in [0, 0.05) is 24.6 Å². The zero-order chi connectivity index (χ0) is 10.2. The van der Waals surface area contributed by atoms with E-state index in [0.29, 0.717) is 12.3 Å². The van der Waals surface area contributed by atoms with Gasteiger partial charge in [0.2, 0.25) is 0 Å². The van der Waals surface area contributed by atoms with Gasteiger partial charge in [-0.1, -0.05) is 16.9 Å². The van der Waals surface area contributed by atoms with Crippen molar-refractivity contribution < 1.29 is 5.21 Å². The molecule has 0 fully saturated rings. The molecule has 0 aliphatic rings. The second kappa shape index (κ2) is 6.31. The van der Waals surface area contributed by atoms with Crippen LogP contribution in [0.15, 0.2) is 22.7 Å². The highest BCUT2D eigenvalue weighted by Gasteiger charge is 1.97. The lowest BCUT2D eigenvalue weighted by molar-refractivity contribution is 0.316. The first-order valence-electron chi connectivity index (χ1n) is 4.41. The molecule has 0 saturated carbocycles. The number of thioether (sulfide) groups is 1. The Morgan fingerprint density at radius 1 is 1.64 bits per heavy atom. The Morgan fingerprint density at radius 2 is 2.50 bits per heavy atom. The number of unbranched alkanes of at least 4 members (excludes halogenated alkanes) is 1. The molecule has 0 saturated heterocycles. The summed E-state index contributed by atoms with van der Waals surface area (Å²) in [5, 5.41) is 12.1. The average Bonchev–Trinajstić information content (AvgIpc) is 2.69. The first-order chi connectivity index (χ1) is 6.83. The van der Waals surface area contributed by atoms with Crippen LogP contribution in [0.2, 0.25) is 0 Å². The van der Waals surface area contributed by atoms with E-state index in [4.69, 9.17) is 10.9 Å². The predicted octanol–water partition coefficient (Wildman–Crippen LogP) is 1.42. The Morgan fingerprint density at radius 3 is 3.14 bits per heavy atom. The third kappa shape index (κ3) is 4.18. The Labute approximate surface area is 86.8 Å². The molecule has 0 amide bonds. The maximum atomic E-state index is 8.28. The molecule has 4 N–H and O–H groups in total. The fraction of sp³-hybridized carbons (Fsp3) is 0.500. The van der Waals surface area contributed by atoms with Crippen LogP contribution in [0.25, 0.3) is 0 Å². The molecule has 78 valence electrons. The highest BCUT2D eigenvalue weighted by molar-refractivity contribution is 7.99. The molecule has 0 aliphatic heterocycles. The summed E-state index contributed by atoms with van der Waals surface area (Å²) < 4.78 is 0. The van der Waals surface area contributed by atoms with Crippen LogP contribution in [-0.4, -0.2) is 26.8 Å². The van der Waals surface area contributed by atoms with Gasteiger partial charge in [-0.05, 0) is 12.8 Å². The molecule has 14 heavy (non-hydrogen) atoms. The van der Waals surface area contributed by atoms with Crippen LogP contribution in [0.5, 0.6) is 0 Å². The van der Waals surface area contributed by atoms with Crippen molar-refractivity contribution in [1.29, 1.82) is 0 Å². The van der Waals surface area contributed by atoms with Crippen molar-refractivity contribution in [3.8, 4) is 0 Å². The Kier molecular flexibility index (Phi) is 4.92. The maximum absolute atomic E-state index is 8.28. The van der Waals surface area contributed by atoms with Crippen molar-refractivity contribution in [2.45, 2.75) is 24.4 Å². The highest BCUT2D eigenvalue weighted by Crippen LogP contribution is 2.13. The Hall–Kier alpha value is -1.17. The van der Waals surface area contributed by atoms with Crippen LogP contribution in [0.4, 0.5) is 0 Å². The topological polar surface area (TPSA) is 87.3 Å². The molecule has 1 aromatic rings. The number of hydrogen-bond donors (Lipinski definition) is 3. The zero-order valence-corrected chi connectivity index (χ0v) is 8.63. The molecule has 0 atom stereocenters. The minimum absolute atomic E-state index is 0.299. The number of aromatic nitrogens is 2. The summed E-state index contributed by atoms with van der Waals surface area (Å²) >= 11 is 1.68. The van der Waals surface area contributed by atoms with E-state index in [1.807, 2.05) is 0 Å². The monoisotopic (exact) mass is 214 g/mol. The summed E-state index contributed by atoms with van der Waals surface area (Å²) in [7, 11) is 0. The van der Waals surface area contributed by atoms with Crippen LogP contribution in [0, 0.1) is 0 Å². The van der Waals surface area contributed by atoms with Gasteiger partial charge in [0.15, 0.2) is 5.16 Å². The lowest BCUT2D eigenvalue weighted by Gasteiger charge is -1.98. The summed E-state index contributed by atoms with van der Waals surface area (Å²) in [6, 6.07) is 0. The van der Waals surface area contributed by atoms with E-state index >= 15 is 0 Å². The van der Waals surface area contributed by atoms with Gasteiger partial charge in [-0.3, -0.25) is 0 Å². The first kappa shape index (κ1) is 10.9. The number of imidazole rings is 1. The van der Waals surface area contributed by atoms with Crippen molar-refractivity contribution >= 4 is 17.6 Å². The van der Waals surface area contributed by atoms with Gasteiger partial charge in [0.05, 0.1) is 0 Å². The SMILES string of the molecule is N/C(CCCCSc1ncc[nH]1)=N/O. The summed E-state index contributed by atoms with van der Waals surface area (Å²) in [4.78, 5) is 7.10. The van der Waals surface area contributed by atoms with Crippen LogP contribution in [0.3, 0.4) is 0 Å². The van der Waals surface area contributed by atoms with Crippen LogP contribution >= 0.6 is 11.8 Å². The third-order valence-electron chi connectivity index (χ3n) is 1.67. The molecule has 1 aromatic heterocycles. The first-order valence-corrected chi connectivity index (χ1v) is 5.40. The molecule has 0 aromatic carbocycles. The molecule has 5 nitrogen and oxygen atoms in total. The number of nitrogens with zero attached hydrogens (tertiary/aromatic N) is 2. The lowest BCUT2D eigenvalue weighted by Crippen LogP contribution is -2.10. The van der Waals surface area contributed by atoms with Gasteiger partial charge in [0.1, 0.15) is 5.84 Å². The van der Waals surface area contributed by atoms with Crippen LogP contribution < -0.4 is 5.73 Å².